The number of aromatic nitrogens is 4. The number of amides is 1. The van der Waals surface area contributed by atoms with Crippen molar-refractivity contribution in [3.8, 4) is 17.3 Å². The maximum Gasteiger partial charge on any atom is 0.297 e. The predicted molar refractivity (Wildman–Crippen MR) is 116 cm³/mol. The van der Waals surface area contributed by atoms with Gasteiger partial charge in [0.1, 0.15) is 18.1 Å². The van der Waals surface area contributed by atoms with Crippen molar-refractivity contribution in [2.45, 2.75) is 44.8 Å². The molecule has 0 atom stereocenters. The smallest absolute Gasteiger partial charge is 0.297 e. The van der Waals surface area contributed by atoms with Crippen LogP contribution < -0.4 is 5.56 Å². The molecular weight excluding hydrogens is 408 g/mol. The summed E-state index contributed by atoms with van der Waals surface area (Å²) in [5.74, 6) is 0.162. The fourth-order valence-electron chi connectivity index (χ4n) is 4.39. The molecule has 3 aromatic rings. The van der Waals surface area contributed by atoms with Crippen LogP contribution in [0.3, 0.4) is 0 Å². The molecule has 1 aromatic carbocycles. The maximum absolute atomic E-state index is 13.1. The summed E-state index contributed by atoms with van der Waals surface area (Å²) in [6.07, 6.45) is 4.01. The van der Waals surface area contributed by atoms with Crippen molar-refractivity contribution in [3.63, 3.8) is 0 Å². The molecule has 5 rings (SSSR count). The average molecular weight is 432 g/mol. The highest BCUT2D eigenvalue weighted by atomic mass is 16.3. The minimum absolute atomic E-state index is 0.0424. The minimum Gasteiger partial charge on any atom is -0.388 e. The number of hydrogen-bond acceptors (Lipinski definition) is 6. The summed E-state index contributed by atoms with van der Waals surface area (Å²) in [6.45, 7) is 2.98. The van der Waals surface area contributed by atoms with Crippen molar-refractivity contribution in [1.29, 1.82) is 5.26 Å². The Labute approximate surface area is 184 Å². The molecule has 9 heteroatoms. The molecule has 2 aliphatic rings. The minimum atomic E-state index is -1.11. The van der Waals surface area contributed by atoms with Gasteiger partial charge in [-0.1, -0.05) is 37.3 Å². The van der Waals surface area contributed by atoms with E-state index < -0.39 is 11.2 Å². The number of carbonyl (C=O) groups is 1. The molecule has 1 saturated carbocycles. The third kappa shape index (κ3) is 3.37. The van der Waals surface area contributed by atoms with E-state index in [-0.39, 0.29) is 29.2 Å². The lowest BCUT2D eigenvalue weighted by Crippen LogP contribution is -2.51. The molecule has 32 heavy (non-hydrogen) atoms. The van der Waals surface area contributed by atoms with Gasteiger partial charge in [-0.25, -0.2) is 9.50 Å². The number of nitrogens with zero attached hydrogens (tertiary/aromatic N) is 6. The van der Waals surface area contributed by atoms with E-state index in [4.69, 9.17) is 0 Å². The first-order valence-corrected chi connectivity index (χ1v) is 10.8. The zero-order valence-corrected chi connectivity index (χ0v) is 17.9. The van der Waals surface area contributed by atoms with Crippen LogP contribution in [-0.4, -0.2) is 53.8 Å². The lowest BCUT2D eigenvalue weighted by atomic mass is 9.90. The topological polar surface area (TPSA) is 117 Å². The first kappa shape index (κ1) is 20.4. The number of piperidine rings is 1. The van der Waals surface area contributed by atoms with Crippen LogP contribution in [0.5, 0.6) is 0 Å². The lowest BCUT2D eigenvalue weighted by Gasteiger charge is -2.39. The molecular formula is C23H24N6O3. The number of imidazole rings is 1. The van der Waals surface area contributed by atoms with Gasteiger partial charge >= 0.3 is 0 Å². The summed E-state index contributed by atoms with van der Waals surface area (Å²) >= 11 is 0. The predicted octanol–water partition coefficient (Wildman–Crippen LogP) is 1.58. The largest absolute Gasteiger partial charge is 0.388 e. The first-order valence-electron chi connectivity index (χ1n) is 10.8. The number of hydrogen-bond donors (Lipinski definition) is 1. The molecule has 1 saturated heterocycles. The van der Waals surface area contributed by atoms with Crippen molar-refractivity contribution in [2.75, 3.05) is 13.1 Å². The highest BCUT2D eigenvalue weighted by molar-refractivity contribution is 5.85. The van der Waals surface area contributed by atoms with Gasteiger partial charge in [0.15, 0.2) is 5.69 Å². The molecule has 1 N–H and O–H groups in total. The summed E-state index contributed by atoms with van der Waals surface area (Å²) in [5, 5.41) is 25.0. The van der Waals surface area contributed by atoms with E-state index in [1.807, 2.05) is 48.2 Å². The van der Waals surface area contributed by atoms with Crippen LogP contribution in [0.25, 0.3) is 16.9 Å². The zero-order valence-electron chi connectivity index (χ0n) is 17.9. The molecule has 0 unspecified atom stereocenters. The number of fused-ring (bicyclic) bond motifs is 1. The highest BCUT2D eigenvalue weighted by Crippen LogP contribution is 2.47. The molecule has 3 heterocycles. The van der Waals surface area contributed by atoms with Gasteiger partial charge in [0, 0.05) is 24.1 Å². The van der Waals surface area contributed by atoms with Crippen LogP contribution in [-0.2, 0) is 11.3 Å². The van der Waals surface area contributed by atoms with Gasteiger partial charge in [-0.3, -0.25) is 14.2 Å². The van der Waals surface area contributed by atoms with Crippen LogP contribution in [0.2, 0.25) is 0 Å². The van der Waals surface area contributed by atoms with Crippen LogP contribution >= 0.6 is 0 Å². The molecule has 0 spiro atoms. The number of aliphatic hydroxyl groups is 1. The van der Waals surface area contributed by atoms with Crippen molar-refractivity contribution in [3.05, 3.63) is 52.7 Å². The number of rotatable bonds is 4. The van der Waals surface area contributed by atoms with Gasteiger partial charge in [0.05, 0.1) is 12.1 Å². The Balaban J connectivity index is 1.41. The Bertz CT molecular complexity index is 1290. The Kier molecular flexibility index (Phi) is 4.64. The fourth-order valence-corrected chi connectivity index (χ4v) is 4.39. The van der Waals surface area contributed by atoms with E-state index >= 15 is 0 Å². The van der Waals surface area contributed by atoms with E-state index in [1.165, 1.54) is 15.4 Å². The number of benzene rings is 1. The molecule has 2 aromatic heterocycles. The number of likely N-dealkylation sites (tertiary alicyclic amines) is 1. The van der Waals surface area contributed by atoms with Gasteiger partial charge in [0.2, 0.25) is 11.6 Å². The normalized spacial score (nSPS) is 19.0. The Morgan fingerprint density at radius 2 is 1.88 bits per heavy atom. The van der Waals surface area contributed by atoms with Crippen LogP contribution in [0.15, 0.2) is 41.5 Å². The van der Waals surface area contributed by atoms with Crippen molar-refractivity contribution < 1.29 is 9.90 Å². The summed E-state index contributed by atoms with van der Waals surface area (Å²) in [6, 6.07) is 11.3. The third-order valence-corrected chi connectivity index (χ3v) is 6.73. The second-order valence-electron chi connectivity index (χ2n) is 9.16. The van der Waals surface area contributed by atoms with Crippen molar-refractivity contribution in [1.82, 2.24) is 24.1 Å². The molecule has 1 aliphatic heterocycles. The monoisotopic (exact) mass is 432 g/mol. The number of nitriles is 1. The van der Waals surface area contributed by atoms with Gasteiger partial charge in [-0.15, -0.1) is 0 Å². The molecule has 2 fully saturated rings. The lowest BCUT2D eigenvalue weighted by molar-refractivity contribution is -0.141. The first-order chi connectivity index (χ1) is 15.3. The Morgan fingerprint density at radius 1 is 1.19 bits per heavy atom. The fraction of sp³-hybridized carbons (Fsp3) is 0.435. The molecule has 9 nitrogen and oxygen atoms in total. The standard InChI is InChI=1S/C23H24N6O3/c1-22(7-8-22)21(31)27-11-9-23(32,10-12-27)14-28-15-25-29-18(16-5-3-2-4-6-16)17(13-24)26-19(29)20(28)30/h2-6,15,32H,7-12,14H2,1H3. The van der Waals surface area contributed by atoms with Crippen LogP contribution in [0.4, 0.5) is 0 Å². The van der Waals surface area contributed by atoms with Gasteiger partial charge < -0.3 is 10.0 Å². The Hall–Kier alpha value is -3.51. The highest BCUT2D eigenvalue weighted by Gasteiger charge is 2.48. The van der Waals surface area contributed by atoms with E-state index in [9.17, 15) is 20.0 Å². The van der Waals surface area contributed by atoms with E-state index in [0.717, 1.165) is 18.4 Å². The van der Waals surface area contributed by atoms with Gasteiger partial charge in [0.25, 0.3) is 5.56 Å². The van der Waals surface area contributed by atoms with Crippen molar-refractivity contribution >= 4 is 11.6 Å². The van der Waals surface area contributed by atoms with Gasteiger partial charge in [-0.2, -0.15) is 10.4 Å². The maximum atomic E-state index is 13.1. The van der Waals surface area contributed by atoms with E-state index in [0.29, 0.717) is 31.6 Å². The average Bonchev–Trinajstić information content (AvgIpc) is 3.44. The molecule has 1 aliphatic carbocycles. The molecule has 0 bridgehead atoms. The third-order valence-electron chi connectivity index (χ3n) is 6.73. The summed E-state index contributed by atoms with van der Waals surface area (Å²) in [7, 11) is 0. The summed E-state index contributed by atoms with van der Waals surface area (Å²) < 4.78 is 2.73. The summed E-state index contributed by atoms with van der Waals surface area (Å²) in [4.78, 5) is 31.7. The second kappa shape index (κ2) is 7.28. The number of carbonyl (C=O) groups excluding carboxylic acids is 1. The quantitative estimate of drug-likeness (QED) is 0.669. The van der Waals surface area contributed by atoms with Crippen LogP contribution in [0.1, 0.15) is 38.3 Å². The Morgan fingerprint density at radius 3 is 2.50 bits per heavy atom. The van der Waals surface area contributed by atoms with Crippen LogP contribution in [0, 0.1) is 16.7 Å². The van der Waals surface area contributed by atoms with E-state index in [2.05, 4.69) is 10.1 Å². The SMILES string of the molecule is CC1(C(=O)N2CCC(O)(Cn3cnn4c(-c5ccccc5)c(C#N)nc4c3=O)CC2)CC1. The van der Waals surface area contributed by atoms with E-state index in [1.54, 1.807) is 0 Å². The van der Waals surface area contributed by atoms with Crippen molar-refractivity contribution in [2.24, 2.45) is 5.41 Å². The summed E-state index contributed by atoms with van der Waals surface area (Å²) in [5.41, 5.74) is -0.392. The molecule has 164 valence electrons. The molecule has 0 radical (unpaired) electrons. The van der Waals surface area contributed by atoms with Gasteiger partial charge in [-0.05, 0) is 25.7 Å². The zero-order chi connectivity index (χ0) is 22.5. The second-order valence-corrected chi connectivity index (χ2v) is 9.16. The molecule has 1 amide bonds.